The van der Waals surface area contributed by atoms with Crippen LogP contribution in [0.5, 0.6) is 0 Å². The molecule has 1 aliphatic carbocycles. The topological polar surface area (TPSA) is 61.3 Å². The van der Waals surface area contributed by atoms with Crippen LogP contribution in [-0.4, -0.2) is 39.1 Å². The van der Waals surface area contributed by atoms with Crippen molar-refractivity contribution in [2.24, 2.45) is 7.05 Å². The van der Waals surface area contributed by atoms with Crippen molar-refractivity contribution in [1.82, 2.24) is 14.8 Å². The standard InChI is InChI=1S/C31H31N5OS2/c1-31(25-18-35(2)26-10-5-4-9-23(25)26)16-24(31)19-11-13-21(14-12-19)32-17-27(37)33-22-8-6-7-20(15-22)28-29(38)36(3)30(39)34-28/h4-15,18,24,28,32H,16-17H2,1-3H3,(H,33,37)(H,34,39). The summed E-state index contributed by atoms with van der Waals surface area (Å²) < 4.78 is 2.23. The quantitative estimate of drug-likeness (QED) is 0.249. The van der Waals surface area contributed by atoms with Gasteiger partial charge in [0.1, 0.15) is 11.0 Å². The Morgan fingerprint density at radius 3 is 2.51 bits per heavy atom. The predicted octanol–water partition coefficient (Wildman–Crippen LogP) is 5.86. The van der Waals surface area contributed by atoms with Gasteiger partial charge >= 0.3 is 0 Å². The van der Waals surface area contributed by atoms with Gasteiger partial charge in [-0.05, 0) is 71.6 Å². The van der Waals surface area contributed by atoms with Gasteiger partial charge in [0.2, 0.25) is 5.91 Å². The van der Waals surface area contributed by atoms with E-state index in [9.17, 15) is 4.79 Å². The molecule has 3 N–H and O–H groups in total. The highest BCUT2D eigenvalue weighted by Crippen LogP contribution is 2.61. The van der Waals surface area contributed by atoms with Crippen LogP contribution in [0.2, 0.25) is 0 Å². The van der Waals surface area contributed by atoms with Crippen LogP contribution in [0.4, 0.5) is 11.4 Å². The number of aromatic nitrogens is 1. The molecule has 1 saturated heterocycles. The molecule has 0 bridgehead atoms. The lowest BCUT2D eigenvalue weighted by molar-refractivity contribution is -0.114. The van der Waals surface area contributed by atoms with Crippen molar-refractivity contribution in [3.8, 4) is 0 Å². The molecule has 39 heavy (non-hydrogen) atoms. The second-order valence-electron chi connectivity index (χ2n) is 10.8. The van der Waals surface area contributed by atoms with Crippen LogP contribution in [0.3, 0.4) is 0 Å². The maximum atomic E-state index is 12.7. The number of likely N-dealkylation sites (N-methyl/N-ethyl adjacent to an activating group) is 1. The lowest BCUT2D eigenvalue weighted by atomic mass is 9.92. The molecule has 198 valence electrons. The monoisotopic (exact) mass is 553 g/mol. The molecular weight excluding hydrogens is 523 g/mol. The number of hydrogen-bond donors (Lipinski definition) is 3. The average molecular weight is 554 g/mol. The van der Waals surface area contributed by atoms with Gasteiger partial charge in [-0.2, -0.15) is 0 Å². The number of aryl methyl sites for hydroxylation is 1. The van der Waals surface area contributed by atoms with Gasteiger partial charge in [-0.1, -0.05) is 61.6 Å². The number of anilines is 2. The Kier molecular flexibility index (Phi) is 6.40. The Balaban J connectivity index is 1.06. The fraction of sp³-hybridized carbons (Fsp3) is 0.258. The third-order valence-corrected chi connectivity index (χ3v) is 9.07. The van der Waals surface area contributed by atoms with Crippen LogP contribution in [0, 0.1) is 0 Å². The zero-order valence-corrected chi connectivity index (χ0v) is 23.8. The van der Waals surface area contributed by atoms with Crippen molar-refractivity contribution in [3.05, 3.63) is 95.7 Å². The molecule has 6 rings (SSSR count). The van der Waals surface area contributed by atoms with Crippen LogP contribution in [-0.2, 0) is 17.3 Å². The van der Waals surface area contributed by atoms with Gasteiger partial charge in [-0.25, -0.2) is 0 Å². The number of benzene rings is 3. The number of carbonyl (C=O) groups is 1. The SMILES string of the molecule is CN1C(=S)NC(c2cccc(NC(=O)CNc3ccc(C4CC4(C)c4cn(C)c5ccccc45)cc3)c2)C1=S. The lowest BCUT2D eigenvalue weighted by Gasteiger charge is -2.14. The number of carbonyl (C=O) groups excluding carboxylic acids is 1. The second-order valence-corrected chi connectivity index (χ2v) is 11.6. The molecule has 4 aromatic rings. The molecule has 2 heterocycles. The molecular formula is C31H31N5OS2. The normalized spacial score (nSPS) is 22.2. The second kappa shape index (κ2) is 9.77. The summed E-state index contributed by atoms with van der Waals surface area (Å²) in [5.74, 6) is 0.376. The number of amides is 1. The van der Waals surface area contributed by atoms with E-state index in [1.165, 1.54) is 22.0 Å². The summed E-state index contributed by atoms with van der Waals surface area (Å²) in [4.78, 5) is 15.2. The van der Waals surface area contributed by atoms with Crippen molar-refractivity contribution < 1.29 is 4.79 Å². The zero-order valence-electron chi connectivity index (χ0n) is 22.2. The molecule has 3 unspecified atom stereocenters. The largest absolute Gasteiger partial charge is 0.376 e. The predicted molar refractivity (Wildman–Crippen MR) is 166 cm³/mol. The third kappa shape index (κ3) is 4.68. The summed E-state index contributed by atoms with van der Waals surface area (Å²) in [7, 11) is 3.98. The molecule has 0 spiro atoms. The van der Waals surface area contributed by atoms with Gasteiger partial charge in [0.25, 0.3) is 0 Å². The smallest absolute Gasteiger partial charge is 0.243 e. The molecule has 8 heteroatoms. The van der Waals surface area contributed by atoms with Gasteiger partial charge in [-0.15, -0.1) is 0 Å². The summed E-state index contributed by atoms with van der Waals surface area (Å²) in [6, 6.07) is 24.7. The molecule has 1 aromatic heterocycles. The third-order valence-electron chi connectivity index (χ3n) is 8.17. The number of hydrogen-bond acceptors (Lipinski definition) is 4. The van der Waals surface area contributed by atoms with Gasteiger partial charge in [0.05, 0.1) is 6.54 Å². The first-order valence-corrected chi connectivity index (χ1v) is 13.9. The molecule has 1 aliphatic heterocycles. The summed E-state index contributed by atoms with van der Waals surface area (Å²) in [5, 5.41) is 11.4. The number of fused-ring (bicyclic) bond motifs is 1. The van der Waals surface area contributed by atoms with Gasteiger partial charge < -0.3 is 25.4 Å². The van der Waals surface area contributed by atoms with Crippen molar-refractivity contribution in [2.45, 2.75) is 30.7 Å². The molecule has 1 saturated carbocycles. The Bertz CT molecular complexity index is 1610. The molecule has 0 radical (unpaired) electrons. The van der Waals surface area contributed by atoms with Crippen molar-refractivity contribution >= 4 is 62.7 Å². The fourth-order valence-electron chi connectivity index (χ4n) is 5.76. The fourth-order valence-corrected chi connectivity index (χ4v) is 6.32. The summed E-state index contributed by atoms with van der Waals surface area (Å²) in [6.07, 6.45) is 3.43. The van der Waals surface area contributed by atoms with E-state index in [4.69, 9.17) is 24.4 Å². The minimum Gasteiger partial charge on any atom is -0.376 e. The Labute approximate surface area is 239 Å². The minimum atomic E-state index is -0.167. The van der Waals surface area contributed by atoms with Crippen molar-refractivity contribution in [3.63, 3.8) is 0 Å². The number of nitrogens with one attached hydrogen (secondary N) is 3. The number of nitrogens with zero attached hydrogens (tertiary/aromatic N) is 2. The highest BCUT2D eigenvalue weighted by molar-refractivity contribution is 7.82. The number of rotatable bonds is 7. The van der Waals surface area contributed by atoms with E-state index in [0.29, 0.717) is 11.0 Å². The first kappa shape index (κ1) is 25.5. The van der Waals surface area contributed by atoms with E-state index in [-0.39, 0.29) is 23.9 Å². The molecule has 2 aliphatic rings. The summed E-state index contributed by atoms with van der Waals surface area (Å²) in [6.45, 7) is 2.54. The molecule has 1 amide bonds. The van der Waals surface area contributed by atoms with Crippen molar-refractivity contribution in [1.29, 1.82) is 0 Å². The molecule has 3 atom stereocenters. The van der Waals surface area contributed by atoms with E-state index in [0.717, 1.165) is 28.3 Å². The Morgan fingerprint density at radius 2 is 1.77 bits per heavy atom. The maximum Gasteiger partial charge on any atom is 0.243 e. The van der Waals surface area contributed by atoms with Crippen LogP contribution in [0.1, 0.15) is 42.0 Å². The minimum absolute atomic E-state index is 0.114. The maximum absolute atomic E-state index is 12.7. The van der Waals surface area contributed by atoms with E-state index >= 15 is 0 Å². The van der Waals surface area contributed by atoms with Crippen molar-refractivity contribution in [2.75, 3.05) is 24.2 Å². The summed E-state index contributed by atoms with van der Waals surface area (Å²) in [5.41, 5.74) is 6.79. The highest BCUT2D eigenvalue weighted by Gasteiger charge is 2.53. The Hall–Kier alpha value is -3.75. The van der Waals surface area contributed by atoms with E-state index in [2.05, 4.69) is 89.2 Å². The molecule has 3 aromatic carbocycles. The number of thiocarbonyl (C=S) groups is 2. The first-order valence-electron chi connectivity index (χ1n) is 13.1. The van der Waals surface area contributed by atoms with Crippen LogP contribution in [0.15, 0.2) is 79.0 Å². The van der Waals surface area contributed by atoms with Gasteiger partial charge in [-0.3, -0.25) is 4.79 Å². The van der Waals surface area contributed by atoms with Gasteiger partial charge in [0, 0.05) is 48.0 Å². The van der Waals surface area contributed by atoms with E-state index < -0.39 is 0 Å². The first-order chi connectivity index (χ1) is 18.7. The van der Waals surface area contributed by atoms with Crippen LogP contribution in [0.25, 0.3) is 10.9 Å². The zero-order chi connectivity index (χ0) is 27.3. The van der Waals surface area contributed by atoms with Crippen LogP contribution >= 0.6 is 24.4 Å². The molecule has 2 fully saturated rings. The molecule has 6 nitrogen and oxygen atoms in total. The highest BCUT2D eigenvalue weighted by atomic mass is 32.1. The average Bonchev–Trinajstić information content (AvgIpc) is 3.42. The van der Waals surface area contributed by atoms with E-state index in [1.807, 2.05) is 31.3 Å². The number of para-hydroxylation sites is 1. The van der Waals surface area contributed by atoms with Gasteiger partial charge in [0.15, 0.2) is 5.11 Å². The van der Waals surface area contributed by atoms with E-state index in [1.54, 1.807) is 4.90 Å². The summed E-state index contributed by atoms with van der Waals surface area (Å²) >= 11 is 10.8. The van der Waals surface area contributed by atoms with Crippen LogP contribution < -0.4 is 16.0 Å². The Morgan fingerprint density at radius 1 is 1.00 bits per heavy atom. The lowest BCUT2D eigenvalue weighted by Crippen LogP contribution is -2.24.